The number of carbonyl (C=O) groups excluding carboxylic acids is 1. The van der Waals surface area contributed by atoms with Crippen molar-refractivity contribution in [2.75, 3.05) is 26.3 Å². The van der Waals surface area contributed by atoms with Crippen molar-refractivity contribution in [3.63, 3.8) is 0 Å². The fraction of sp³-hybridized carbons (Fsp3) is 0.533. The van der Waals surface area contributed by atoms with E-state index in [9.17, 15) is 4.79 Å². The van der Waals surface area contributed by atoms with Gasteiger partial charge < -0.3 is 14.8 Å². The van der Waals surface area contributed by atoms with Crippen LogP contribution in [0.4, 0.5) is 0 Å². The van der Waals surface area contributed by atoms with Crippen LogP contribution < -0.4 is 14.8 Å². The second kappa shape index (κ2) is 6.14. The van der Waals surface area contributed by atoms with Crippen LogP contribution in [0.5, 0.6) is 11.5 Å². The third-order valence-electron chi connectivity index (χ3n) is 3.97. The zero-order valence-corrected chi connectivity index (χ0v) is 12.9. The van der Waals surface area contributed by atoms with E-state index in [4.69, 9.17) is 9.47 Å². The van der Waals surface area contributed by atoms with Gasteiger partial charge in [-0.15, -0.1) is 0 Å². The van der Waals surface area contributed by atoms with E-state index in [-0.39, 0.29) is 0 Å². The van der Waals surface area contributed by atoms with Gasteiger partial charge in [-0.3, -0.25) is 4.79 Å². The third kappa shape index (κ3) is 2.69. The van der Waals surface area contributed by atoms with E-state index in [1.54, 1.807) is 0 Å². The van der Waals surface area contributed by atoms with Crippen molar-refractivity contribution >= 4 is 22.2 Å². The van der Waals surface area contributed by atoms with Crippen molar-refractivity contribution in [2.45, 2.75) is 19.3 Å². The van der Waals surface area contributed by atoms with Gasteiger partial charge in [-0.25, -0.2) is 0 Å². The Morgan fingerprint density at radius 2 is 1.95 bits per heavy atom. The Balaban J connectivity index is 1.94. The minimum Gasteiger partial charge on any atom is -0.486 e. The molecule has 1 aromatic rings. The Kier molecular flexibility index (Phi) is 4.27. The molecule has 0 atom stereocenters. The third-order valence-corrected chi connectivity index (χ3v) is 4.68. The lowest BCUT2D eigenvalue weighted by Crippen LogP contribution is -2.29. The van der Waals surface area contributed by atoms with Crippen molar-refractivity contribution < 1.29 is 14.3 Å². The summed E-state index contributed by atoms with van der Waals surface area (Å²) in [7, 11) is 0. The average Bonchev–Trinajstić information content (AvgIpc) is 2.51. The van der Waals surface area contributed by atoms with Gasteiger partial charge >= 0.3 is 0 Å². The van der Waals surface area contributed by atoms with Gasteiger partial charge in [0, 0.05) is 10.0 Å². The Bertz CT molecular complexity index is 512. The average molecular weight is 340 g/mol. The number of hydrogen-bond acceptors (Lipinski definition) is 4. The number of rotatable bonds is 3. The summed E-state index contributed by atoms with van der Waals surface area (Å²) in [6, 6.07) is 1.84. The van der Waals surface area contributed by atoms with Crippen LogP contribution in [0, 0.1) is 5.92 Å². The van der Waals surface area contributed by atoms with Gasteiger partial charge in [0.25, 0.3) is 0 Å². The monoisotopic (exact) mass is 339 g/mol. The van der Waals surface area contributed by atoms with Gasteiger partial charge in [0.1, 0.15) is 13.2 Å². The Morgan fingerprint density at radius 3 is 2.65 bits per heavy atom. The van der Waals surface area contributed by atoms with Crippen LogP contribution in [-0.2, 0) is 6.42 Å². The highest BCUT2D eigenvalue weighted by molar-refractivity contribution is 9.10. The van der Waals surface area contributed by atoms with Crippen LogP contribution in [0.1, 0.15) is 28.8 Å². The second-order valence-corrected chi connectivity index (χ2v) is 6.15. The summed E-state index contributed by atoms with van der Waals surface area (Å²) in [5, 5.41) is 3.38. The van der Waals surface area contributed by atoms with E-state index in [2.05, 4.69) is 21.2 Å². The number of nitrogens with one attached hydrogen (secondary N) is 1. The maximum Gasteiger partial charge on any atom is 0.172 e. The lowest BCUT2D eigenvalue weighted by Gasteiger charge is -2.27. The number of benzene rings is 1. The zero-order valence-electron chi connectivity index (χ0n) is 11.3. The van der Waals surface area contributed by atoms with Gasteiger partial charge in [-0.2, -0.15) is 0 Å². The first kappa shape index (κ1) is 13.9. The number of piperidine rings is 1. The first-order valence-electron chi connectivity index (χ1n) is 7.06. The molecular formula is C15H18BrNO3. The smallest absolute Gasteiger partial charge is 0.172 e. The van der Waals surface area contributed by atoms with Crippen molar-refractivity contribution in [3.8, 4) is 11.5 Å². The van der Waals surface area contributed by atoms with E-state index in [1.165, 1.54) is 12.8 Å². The molecule has 3 rings (SSSR count). The fourth-order valence-corrected chi connectivity index (χ4v) is 3.50. The first-order chi connectivity index (χ1) is 9.79. The summed E-state index contributed by atoms with van der Waals surface area (Å²) < 4.78 is 12.4. The molecule has 1 N–H and O–H groups in total. The lowest BCUT2D eigenvalue weighted by atomic mass is 9.90. The summed E-state index contributed by atoms with van der Waals surface area (Å²) in [5.74, 6) is 2.02. The van der Waals surface area contributed by atoms with Gasteiger partial charge in [0.15, 0.2) is 17.8 Å². The maximum atomic E-state index is 11.2. The molecule has 4 nitrogen and oxygen atoms in total. The molecule has 0 aliphatic carbocycles. The number of aldehydes is 1. The first-order valence-corrected chi connectivity index (χ1v) is 7.85. The molecule has 0 aromatic heterocycles. The molecule has 2 aliphatic heterocycles. The maximum absolute atomic E-state index is 11.2. The number of halogens is 1. The van der Waals surface area contributed by atoms with Gasteiger partial charge in [0.2, 0.25) is 0 Å². The van der Waals surface area contributed by atoms with Crippen molar-refractivity contribution in [1.29, 1.82) is 0 Å². The molecule has 0 bridgehead atoms. The Labute approximate surface area is 127 Å². The highest BCUT2D eigenvalue weighted by atomic mass is 79.9. The molecule has 0 spiro atoms. The number of carbonyl (C=O) groups is 1. The van der Waals surface area contributed by atoms with Crippen molar-refractivity contribution in [2.24, 2.45) is 5.92 Å². The molecule has 2 heterocycles. The molecule has 2 aliphatic rings. The molecule has 1 aromatic carbocycles. The predicted molar refractivity (Wildman–Crippen MR) is 79.8 cm³/mol. The van der Waals surface area contributed by atoms with E-state index < -0.39 is 0 Å². The number of hydrogen-bond donors (Lipinski definition) is 1. The SMILES string of the molecule is O=Cc1cc(Br)c(CC2CCNCC2)c2c1OCCO2. The largest absolute Gasteiger partial charge is 0.486 e. The van der Waals surface area contributed by atoms with Gasteiger partial charge in [-0.05, 0) is 44.3 Å². The summed E-state index contributed by atoms with van der Waals surface area (Å²) in [4.78, 5) is 11.2. The van der Waals surface area contributed by atoms with E-state index in [1.807, 2.05) is 6.07 Å². The molecule has 0 radical (unpaired) electrons. The molecule has 0 saturated carbocycles. The highest BCUT2D eigenvalue weighted by Crippen LogP contribution is 2.42. The Morgan fingerprint density at radius 1 is 1.25 bits per heavy atom. The minimum atomic E-state index is 0.502. The van der Waals surface area contributed by atoms with Crippen LogP contribution in [0.3, 0.4) is 0 Å². The van der Waals surface area contributed by atoms with Crippen LogP contribution >= 0.6 is 15.9 Å². The summed E-state index contributed by atoms with van der Waals surface area (Å²) in [5.41, 5.74) is 1.69. The van der Waals surface area contributed by atoms with Crippen LogP contribution in [0.25, 0.3) is 0 Å². The van der Waals surface area contributed by atoms with Crippen LogP contribution in [0.2, 0.25) is 0 Å². The van der Waals surface area contributed by atoms with Gasteiger partial charge in [-0.1, -0.05) is 15.9 Å². The summed E-state index contributed by atoms with van der Waals surface area (Å²) >= 11 is 3.58. The zero-order chi connectivity index (χ0) is 13.9. The molecule has 0 amide bonds. The number of fused-ring (bicyclic) bond motifs is 1. The van der Waals surface area contributed by atoms with Crippen molar-refractivity contribution in [3.05, 3.63) is 21.7 Å². The molecular weight excluding hydrogens is 322 g/mol. The predicted octanol–water partition coefficient (Wildman–Crippen LogP) is 2.57. The van der Waals surface area contributed by atoms with E-state index in [0.717, 1.165) is 41.6 Å². The van der Waals surface area contributed by atoms with Crippen LogP contribution in [-0.4, -0.2) is 32.6 Å². The van der Waals surface area contributed by atoms with E-state index >= 15 is 0 Å². The number of ether oxygens (including phenoxy) is 2. The highest BCUT2D eigenvalue weighted by Gasteiger charge is 2.25. The molecule has 1 fully saturated rings. The minimum absolute atomic E-state index is 0.502. The van der Waals surface area contributed by atoms with Crippen LogP contribution in [0.15, 0.2) is 10.5 Å². The fourth-order valence-electron chi connectivity index (χ4n) is 2.91. The summed E-state index contributed by atoms with van der Waals surface area (Å²) in [6.07, 6.45) is 4.15. The molecule has 5 heteroatoms. The molecule has 0 unspecified atom stereocenters. The second-order valence-electron chi connectivity index (χ2n) is 5.30. The normalized spacial score (nSPS) is 18.9. The standard InChI is InChI=1S/C15H18BrNO3/c16-13-8-11(9-18)14-15(20-6-5-19-14)12(13)7-10-1-3-17-4-2-10/h8-10,17H,1-7H2. The molecule has 108 valence electrons. The topological polar surface area (TPSA) is 47.6 Å². The van der Waals surface area contributed by atoms with Crippen molar-refractivity contribution in [1.82, 2.24) is 5.32 Å². The quantitative estimate of drug-likeness (QED) is 0.860. The van der Waals surface area contributed by atoms with E-state index in [0.29, 0.717) is 30.4 Å². The molecule has 1 saturated heterocycles. The Hall–Kier alpha value is -1.07. The molecule has 20 heavy (non-hydrogen) atoms. The lowest BCUT2D eigenvalue weighted by molar-refractivity contribution is 0.111. The summed E-state index contributed by atoms with van der Waals surface area (Å²) in [6.45, 7) is 3.20. The van der Waals surface area contributed by atoms with Gasteiger partial charge in [0.05, 0.1) is 5.56 Å².